The predicted octanol–water partition coefficient (Wildman–Crippen LogP) is 3.41. The Morgan fingerprint density at radius 3 is 2.64 bits per heavy atom. The summed E-state index contributed by atoms with van der Waals surface area (Å²) in [6, 6.07) is 10.0. The summed E-state index contributed by atoms with van der Waals surface area (Å²) in [5.41, 5.74) is 3.01. The van der Waals surface area contributed by atoms with Crippen molar-refractivity contribution in [2.45, 2.75) is 39.8 Å². The van der Waals surface area contributed by atoms with Gasteiger partial charge in [-0.1, -0.05) is 37.2 Å². The molecule has 0 bridgehead atoms. The fourth-order valence-corrected chi connectivity index (χ4v) is 2.83. The number of fused-ring (bicyclic) bond motifs is 1. The number of para-hydroxylation sites is 1. The minimum absolute atomic E-state index is 0.569. The molecule has 3 aromatic rings. The van der Waals surface area contributed by atoms with Gasteiger partial charge in [-0.15, -0.1) is 0 Å². The molecule has 2 N–H and O–H groups in total. The summed E-state index contributed by atoms with van der Waals surface area (Å²) in [4.78, 5) is 4.27. The fraction of sp³-hybridized carbons (Fsp3) is 0.368. The first kappa shape index (κ1) is 17.1. The minimum atomic E-state index is 0.569. The maximum atomic E-state index is 5.82. The van der Waals surface area contributed by atoms with Crippen LogP contribution in [0.1, 0.15) is 36.6 Å². The molecule has 0 aliphatic heterocycles. The van der Waals surface area contributed by atoms with Crippen LogP contribution in [0.15, 0.2) is 44.3 Å². The zero-order valence-electron chi connectivity index (χ0n) is 14.9. The molecule has 0 aliphatic carbocycles. The Balaban J connectivity index is 1.61. The van der Waals surface area contributed by atoms with Crippen molar-refractivity contribution in [3.63, 3.8) is 0 Å². The Kier molecular flexibility index (Phi) is 5.38. The largest absolute Gasteiger partial charge is 0.459 e. The van der Waals surface area contributed by atoms with Crippen molar-refractivity contribution in [2.75, 3.05) is 7.05 Å². The van der Waals surface area contributed by atoms with E-state index >= 15 is 0 Å². The number of aliphatic imine (C=N–C) groups is 1. The quantitative estimate of drug-likeness (QED) is 0.531. The monoisotopic (exact) mass is 340 g/mol. The molecule has 0 radical (unpaired) electrons. The molecule has 0 spiro atoms. The zero-order chi connectivity index (χ0) is 17.6. The fourth-order valence-electron chi connectivity index (χ4n) is 2.83. The van der Waals surface area contributed by atoms with Crippen LogP contribution in [-0.2, 0) is 25.9 Å². The van der Waals surface area contributed by atoms with E-state index in [-0.39, 0.29) is 0 Å². The molecule has 132 valence electrons. The van der Waals surface area contributed by atoms with Gasteiger partial charge in [-0.3, -0.25) is 4.99 Å². The molecular weight excluding hydrogens is 316 g/mol. The number of aryl methyl sites for hydroxylation is 2. The first-order valence-corrected chi connectivity index (χ1v) is 8.63. The van der Waals surface area contributed by atoms with Crippen molar-refractivity contribution < 1.29 is 8.94 Å². The molecule has 0 aliphatic rings. The molecule has 0 saturated heterocycles. The van der Waals surface area contributed by atoms with Crippen molar-refractivity contribution in [1.82, 2.24) is 15.8 Å². The molecule has 2 aromatic heterocycles. The van der Waals surface area contributed by atoms with Crippen molar-refractivity contribution in [3.05, 3.63) is 53.1 Å². The Morgan fingerprint density at radius 1 is 1.12 bits per heavy atom. The number of rotatable bonds is 6. The number of hydrogen-bond donors (Lipinski definition) is 2. The number of guanidine groups is 1. The van der Waals surface area contributed by atoms with Crippen LogP contribution >= 0.6 is 0 Å². The smallest absolute Gasteiger partial charge is 0.191 e. The maximum Gasteiger partial charge on any atom is 0.191 e. The molecular formula is C19H24N4O2. The Bertz CT molecular complexity index is 809. The lowest BCUT2D eigenvalue weighted by molar-refractivity contribution is 0.380. The highest BCUT2D eigenvalue weighted by Gasteiger charge is 2.13. The van der Waals surface area contributed by atoms with Gasteiger partial charge in [0.05, 0.1) is 12.2 Å². The molecule has 0 fully saturated rings. The Morgan fingerprint density at radius 2 is 1.92 bits per heavy atom. The molecule has 6 heteroatoms. The van der Waals surface area contributed by atoms with Gasteiger partial charge in [0.15, 0.2) is 5.96 Å². The lowest BCUT2D eigenvalue weighted by atomic mass is 10.1. The van der Waals surface area contributed by atoms with Gasteiger partial charge >= 0.3 is 0 Å². The molecule has 0 atom stereocenters. The second-order valence-corrected chi connectivity index (χ2v) is 5.77. The van der Waals surface area contributed by atoms with Crippen molar-refractivity contribution >= 4 is 16.9 Å². The van der Waals surface area contributed by atoms with Gasteiger partial charge in [0.25, 0.3) is 0 Å². The van der Waals surface area contributed by atoms with Crippen LogP contribution in [0.4, 0.5) is 0 Å². The standard InChI is InChI=1S/C19H24N4O2/c1-4-16-15(17(5-2)25-23-16)12-22-19(20-3)21-11-14-10-13-8-6-7-9-18(13)24-14/h6-10H,4-5,11-12H2,1-3H3,(H2,20,21,22). The van der Waals surface area contributed by atoms with Crippen molar-refractivity contribution in [3.8, 4) is 0 Å². The predicted molar refractivity (Wildman–Crippen MR) is 98.5 cm³/mol. The third kappa shape index (κ3) is 3.84. The van der Waals surface area contributed by atoms with Gasteiger partial charge in [0.2, 0.25) is 0 Å². The average Bonchev–Trinajstić information content (AvgIpc) is 3.24. The number of nitrogens with one attached hydrogen (secondary N) is 2. The van der Waals surface area contributed by atoms with Gasteiger partial charge in [0.1, 0.15) is 17.1 Å². The summed E-state index contributed by atoms with van der Waals surface area (Å²) in [6.45, 7) is 5.35. The Labute approximate surface area is 147 Å². The average molecular weight is 340 g/mol. The van der Waals surface area contributed by atoms with E-state index in [4.69, 9.17) is 8.94 Å². The van der Waals surface area contributed by atoms with E-state index in [0.717, 1.165) is 46.6 Å². The summed E-state index contributed by atoms with van der Waals surface area (Å²) in [7, 11) is 1.75. The second-order valence-electron chi connectivity index (χ2n) is 5.77. The van der Waals surface area contributed by atoms with Gasteiger partial charge in [-0.05, 0) is 18.6 Å². The first-order valence-electron chi connectivity index (χ1n) is 8.63. The van der Waals surface area contributed by atoms with E-state index in [2.05, 4.69) is 34.6 Å². The topological polar surface area (TPSA) is 75.6 Å². The van der Waals surface area contributed by atoms with Crippen LogP contribution in [0.2, 0.25) is 0 Å². The van der Waals surface area contributed by atoms with Crippen molar-refractivity contribution in [2.24, 2.45) is 4.99 Å². The minimum Gasteiger partial charge on any atom is -0.459 e. The van der Waals surface area contributed by atoms with E-state index < -0.39 is 0 Å². The molecule has 1 aromatic carbocycles. The van der Waals surface area contributed by atoms with Crippen LogP contribution in [0.5, 0.6) is 0 Å². The summed E-state index contributed by atoms with van der Waals surface area (Å²) < 4.78 is 11.2. The number of benzene rings is 1. The zero-order valence-corrected chi connectivity index (χ0v) is 14.9. The normalized spacial score (nSPS) is 11.9. The summed E-state index contributed by atoms with van der Waals surface area (Å²) >= 11 is 0. The Hall–Kier alpha value is -2.76. The van der Waals surface area contributed by atoms with Crippen LogP contribution in [-0.4, -0.2) is 18.2 Å². The van der Waals surface area contributed by atoms with E-state index in [1.54, 1.807) is 7.05 Å². The van der Waals surface area contributed by atoms with Crippen LogP contribution < -0.4 is 10.6 Å². The highest BCUT2D eigenvalue weighted by atomic mass is 16.5. The van der Waals surface area contributed by atoms with Gasteiger partial charge in [-0.25, -0.2) is 0 Å². The number of aromatic nitrogens is 1. The van der Waals surface area contributed by atoms with E-state index in [1.807, 2.05) is 30.3 Å². The molecule has 6 nitrogen and oxygen atoms in total. The van der Waals surface area contributed by atoms with E-state index in [1.165, 1.54) is 0 Å². The highest BCUT2D eigenvalue weighted by Crippen LogP contribution is 2.18. The van der Waals surface area contributed by atoms with Crippen LogP contribution in [0.25, 0.3) is 11.0 Å². The molecule has 25 heavy (non-hydrogen) atoms. The second kappa shape index (κ2) is 7.88. The summed E-state index contributed by atoms with van der Waals surface area (Å²) in [5.74, 6) is 2.51. The summed E-state index contributed by atoms with van der Waals surface area (Å²) in [5, 5.41) is 11.8. The molecule has 0 saturated carbocycles. The third-order valence-corrected chi connectivity index (χ3v) is 4.17. The lowest BCUT2D eigenvalue weighted by Crippen LogP contribution is -2.36. The van der Waals surface area contributed by atoms with Gasteiger partial charge in [-0.2, -0.15) is 0 Å². The lowest BCUT2D eigenvalue weighted by Gasteiger charge is -2.11. The van der Waals surface area contributed by atoms with Crippen LogP contribution in [0.3, 0.4) is 0 Å². The molecule has 0 unspecified atom stereocenters. The van der Waals surface area contributed by atoms with E-state index in [0.29, 0.717) is 19.0 Å². The number of hydrogen-bond acceptors (Lipinski definition) is 4. The number of nitrogens with zero attached hydrogens (tertiary/aromatic N) is 2. The summed E-state index contributed by atoms with van der Waals surface area (Å²) in [6.07, 6.45) is 1.68. The highest BCUT2D eigenvalue weighted by molar-refractivity contribution is 5.80. The maximum absolute atomic E-state index is 5.82. The van der Waals surface area contributed by atoms with Crippen molar-refractivity contribution in [1.29, 1.82) is 0 Å². The van der Waals surface area contributed by atoms with E-state index in [9.17, 15) is 0 Å². The molecule has 0 amide bonds. The molecule has 2 heterocycles. The molecule has 3 rings (SSSR count). The third-order valence-electron chi connectivity index (χ3n) is 4.17. The SMILES string of the molecule is CCc1noc(CC)c1CNC(=NC)NCc1cc2ccccc2o1. The van der Waals surface area contributed by atoms with Gasteiger partial charge < -0.3 is 19.6 Å². The van der Waals surface area contributed by atoms with Gasteiger partial charge in [0, 0.05) is 31.0 Å². The number of furan rings is 1. The first-order chi connectivity index (χ1) is 12.2. The van der Waals surface area contributed by atoms with Crippen LogP contribution in [0, 0.1) is 0 Å².